The Kier molecular flexibility index (Phi) is 4.63. The molecule has 2 heterocycles. The number of aromatic nitrogens is 2. The molecule has 5 nitrogen and oxygen atoms in total. The molecule has 6 heteroatoms. The van der Waals surface area contributed by atoms with E-state index in [1.165, 1.54) is 10.4 Å². The maximum absolute atomic E-state index is 13.2. The summed E-state index contributed by atoms with van der Waals surface area (Å²) in [6.07, 6.45) is 9.14. The average Bonchev–Trinajstić information content (AvgIpc) is 3.25. The molecule has 0 unspecified atom stereocenters. The van der Waals surface area contributed by atoms with Crippen LogP contribution in [-0.4, -0.2) is 23.8 Å². The highest BCUT2D eigenvalue weighted by Crippen LogP contribution is 2.35. The number of thiophene rings is 1. The van der Waals surface area contributed by atoms with Gasteiger partial charge >= 0.3 is 0 Å². The van der Waals surface area contributed by atoms with Crippen LogP contribution in [0.3, 0.4) is 0 Å². The maximum Gasteiger partial charge on any atom is 0.263 e. The lowest BCUT2D eigenvalue weighted by Crippen LogP contribution is -2.25. The normalized spacial score (nSPS) is 12.8. The molecule has 1 aromatic carbocycles. The lowest BCUT2D eigenvalue weighted by molar-refractivity contribution is 0.354. The predicted molar refractivity (Wildman–Crippen MR) is 107 cm³/mol. The van der Waals surface area contributed by atoms with Crippen molar-refractivity contribution in [2.75, 3.05) is 14.2 Å². The number of hydrogen-bond donors (Lipinski definition) is 0. The predicted octanol–water partition coefficient (Wildman–Crippen LogP) is 3.19. The number of fused-ring (bicyclic) bond motifs is 3. The van der Waals surface area contributed by atoms with E-state index in [1.54, 1.807) is 30.1 Å². The molecular formula is C21H20N2O3S. The summed E-state index contributed by atoms with van der Waals surface area (Å²) in [7, 11) is 3.21. The second kappa shape index (κ2) is 7.09. The van der Waals surface area contributed by atoms with Crippen molar-refractivity contribution in [2.24, 2.45) is 0 Å². The van der Waals surface area contributed by atoms with Crippen LogP contribution >= 0.6 is 11.3 Å². The van der Waals surface area contributed by atoms with E-state index < -0.39 is 0 Å². The molecule has 138 valence electrons. The quantitative estimate of drug-likeness (QED) is 0.638. The van der Waals surface area contributed by atoms with Crippen molar-refractivity contribution in [2.45, 2.75) is 32.2 Å². The average molecular weight is 380 g/mol. The monoisotopic (exact) mass is 380 g/mol. The fourth-order valence-electron chi connectivity index (χ4n) is 3.68. The molecule has 27 heavy (non-hydrogen) atoms. The van der Waals surface area contributed by atoms with Crippen molar-refractivity contribution in [3.8, 4) is 23.8 Å². The zero-order valence-electron chi connectivity index (χ0n) is 15.4. The highest BCUT2D eigenvalue weighted by atomic mass is 32.1. The van der Waals surface area contributed by atoms with Gasteiger partial charge in [0.15, 0.2) is 11.5 Å². The molecule has 3 aromatic rings. The van der Waals surface area contributed by atoms with Gasteiger partial charge in [-0.3, -0.25) is 9.36 Å². The Balaban J connectivity index is 1.83. The Hall–Kier alpha value is -2.78. The van der Waals surface area contributed by atoms with Gasteiger partial charge in [0.25, 0.3) is 5.56 Å². The van der Waals surface area contributed by atoms with E-state index in [2.05, 4.69) is 5.92 Å². The molecule has 0 radical (unpaired) electrons. The van der Waals surface area contributed by atoms with Crippen LogP contribution in [0, 0.1) is 12.3 Å². The summed E-state index contributed by atoms with van der Waals surface area (Å²) in [6.45, 7) is 0.217. The molecule has 0 N–H and O–H groups in total. The number of rotatable bonds is 5. The van der Waals surface area contributed by atoms with E-state index in [9.17, 15) is 4.79 Å². The van der Waals surface area contributed by atoms with Gasteiger partial charge in [-0.2, -0.15) is 0 Å². The molecule has 0 fully saturated rings. The summed E-state index contributed by atoms with van der Waals surface area (Å²) in [5, 5.41) is 0.763. The first kappa shape index (κ1) is 17.6. The number of hydrogen-bond acceptors (Lipinski definition) is 5. The van der Waals surface area contributed by atoms with Gasteiger partial charge in [-0.25, -0.2) is 4.98 Å². The third-order valence-electron chi connectivity index (χ3n) is 4.96. The highest BCUT2D eigenvalue weighted by Gasteiger charge is 2.23. The van der Waals surface area contributed by atoms with Crippen LogP contribution in [-0.2, 0) is 25.8 Å². The van der Waals surface area contributed by atoms with Gasteiger partial charge in [-0.15, -0.1) is 17.8 Å². The van der Waals surface area contributed by atoms with Crippen LogP contribution in [0.1, 0.15) is 28.2 Å². The van der Waals surface area contributed by atoms with E-state index >= 15 is 0 Å². The Labute approximate surface area is 161 Å². The van der Waals surface area contributed by atoms with E-state index in [1.807, 2.05) is 18.2 Å². The van der Waals surface area contributed by atoms with Gasteiger partial charge in [0.2, 0.25) is 0 Å². The largest absolute Gasteiger partial charge is 0.493 e. The van der Waals surface area contributed by atoms with Crippen molar-refractivity contribution in [1.29, 1.82) is 0 Å². The first-order chi connectivity index (χ1) is 13.2. The first-order valence-corrected chi connectivity index (χ1v) is 9.66. The van der Waals surface area contributed by atoms with Crippen molar-refractivity contribution in [3.05, 3.63) is 50.4 Å². The molecule has 0 bridgehead atoms. The van der Waals surface area contributed by atoms with Crippen molar-refractivity contribution in [3.63, 3.8) is 0 Å². The third-order valence-corrected chi connectivity index (χ3v) is 6.15. The van der Waals surface area contributed by atoms with Crippen molar-refractivity contribution >= 4 is 21.6 Å². The zero-order valence-corrected chi connectivity index (χ0v) is 16.2. The van der Waals surface area contributed by atoms with Gasteiger partial charge in [0.05, 0.1) is 26.2 Å². The number of benzene rings is 1. The molecule has 1 aliphatic carbocycles. The van der Waals surface area contributed by atoms with Gasteiger partial charge in [0.1, 0.15) is 10.7 Å². The number of aryl methyl sites for hydroxylation is 2. The Morgan fingerprint density at radius 1 is 1.26 bits per heavy atom. The molecule has 2 aromatic heterocycles. The summed E-state index contributed by atoms with van der Waals surface area (Å²) >= 11 is 1.65. The van der Waals surface area contributed by atoms with Crippen LogP contribution in [0.15, 0.2) is 23.0 Å². The van der Waals surface area contributed by atoms with Crippen LogP contribution in [0.25, 0.3) is 10.2 Å². The minimum Gasteiger partial charge on any atom is -0.493 e. The minimum atomic E-state index is -0.0205. The van der Waals surface area contributed by atoms with Gasteiger partial charge in [-0.05, 0) is 42.5 Å². The Bertz CT molecular complexity index is 1120. The molecule has 4 rings (SSSR count). The molecule has 1 aliphatic rings. The smallest absolute Gasteiger partial charge is 0.263 e. The van der Waals surface area contributed by atoms with E-state index in [-0.39, 0.29) is 12.1 Å². The lowest BCUT2D eigenvalue weighted by atomic mass is 10.1. The minimum absolute atomic E-state index is 0.0205. The van der Waals surface area contributed by atoms with Crippen LogP contribution in [0.4, 0.5) is 0 Å². The van der Waals surface area contributed by atoms with E-state index in [4.69, 9.17) is 20.9 Å². The fourth-order valence-corrected chi connectivity index (χ4v) is 4.95. The highest BCUT2D eigenvalue weighted by molar-refractivity contribution is 7.18. The first-order valence-electron chi connectivity index (χ1n) is 8.84. The fraction of sp³-hybridized carbons (Fsp3) is 0.333. The topological polar surface area (TPSA) is 53.4 Å². The standard InChI is InChI=1S/C21H20N2O3S/c1-4-10-23-18(12-13-8-9-15(25-2)16(11-13)26-3)22-20-19(21(23)24)14-6-5-7-17(14)27-20/h1,8-9,11H,5-7,10,12H2,2-3H3. The summed E-state index contributed by atoms with van der Waals surface area (Å²) in [5.41, 5.74) is 2.14. The summed E-state index contributed by atoms with van der Waals surface area (Å²) < 4.78 is 12.3. The van der Waals surface area contributed by atoms with Crippen LogP contribution in [0.2, 0.25) is 0 Å². The van der Waals surface area contributed by atoms with Crippen LogP contribution in [0.5, 0.6) is 11.5 Å². The molecule has 0 saturated heterocycles. The van der Waals surface area contributed by atoms with E-state index in [0.29, 0.717) is 23.7 Å². The number of ether oxygens (including phenoxy) is 2. The van der Waals surface area contributed by atoms with Crippen molar-refractivity contribution in [1.82, 2.24) is 9.55 Å². The third kappa shape index (κ3) is 2.98. The Morgan fingerprint density at radius 2 is 2.07 bits per heavy atom. The number of terminal acetylenes is 1. The lowest BCUT2D eigenvalue weighted by Gasteiger charge is -2.12. The SMILES string of the molecule is C#CCn1c(Cc2ccc(OC)c(OC)c2)nc2sc3c(c2c1=O)CCC3. The van der Waals surface area contributed by atoms with Gasteiger partial charge in [-0.1, -0.05) is 12.0 Å². The van der Waals surface area contributed by atoms with E-state index in [0.717, 1.165) is 35.0 Å². The molecule has 0 spiro atoms. The summed E-state index contributed by atoms with van der Waals surface area (Å²) in [6, 6.07) is 5.71. The maximum atomic E-state index is 13.2. The Morgan fingerprint density at radius 3 is 2.81 bits per heavy atom. The second-order valence-electron chi connectivity index (χ2n) is 6.53. The second-order valence-corrected chi connectivity index (χ2v) is 7.61. The van der Waals surface area contributed by atoms with Crippen LogP contribution < -0.4 is 15.0 Å². The van der Waals surface area contributed by atoms with Gasteiger partial charge in [0, 0.05) is 11.3 Å². The number of nitrogens with zero attached hydrogens (tertiary/aromatic N) is 2. The molecular weight excluding hydrogens is 360 g/mol. The van der Waals surface area contributed by atoms with Gasteiger partial charge < -0.3 is 9.47 Å². The summed E-state index contributed by atoms with van der Waals surface area (Å²) in [5.74, 6) is 4.59. The number of methoxy groups -OCH3 is 2. The molecule has 0 aliphatic heterocycles. The van der Waals surface area contributed by atoms with Crippen molar-refractivity contribution < 1.29 is 9.47 Å². The molecule has 0 saturated carbocycles. The molecule has 0 amide bonds. The summed E-state index contributed by atoms with van der Waals surface area (Å²) in [4.78, 5) is 20.1. The zero-order chi connectivity index (χ0) is 19.0. The molecule has 0 atom stereocenters.